The van der Waals surface area contributed by atoms with Crippen LogP contribution in [0.2, 0.25) is 5.02 Å². The normalized spacial score (nSPS) is 12.8. The van der Waals surface area contributed by atoms with Crippen molar-refractivity contribution in [1.29, 1.82) is 0 Å². The molecule has 1 unspecified atom stereocenters. The molecule has 1 atom stereocenters. The van der Waals surface area contributed by atoms with E-state index in [0.29, 0.717) is 18.7 Å². The Morgan fingerprint density at radius 1 is 1.26 bits per heavy atom. The number of halogens is 4. The predicted octanol–water partition coefficient (Wildman–Crippen LogP) is 5.69. The standard InChI is InChI=1S/C23H24ClF3N2O2/c1-3-14-5-4-6-16-18(13-29-22(14)16)17(12-21(30)28-9-10-31-2)15-7-8-20(24)19(11-15)23(25,26)27/h4-8,11,13,17,29H,3,9-10,12H2,1-2H3,(H,28,30). The molecule has 3 aromatic rings. The van der Waals surface area contributed by atoms with Gasteiger partial charge in [0.2, 0.25) is 5.91 Å². The van der Waals surface area contributed by atoms with E-state index in [2.05, 4.69) is 10.3 Å². The minimum atomic E-state index is -4.59. The molecule has 0 aliphatic rings. The van der Waals surface area contributed by atoms with Gasteiger partial charge in [0.25, 0.3) is 0 Å². The Labute approximate surface area is 183 Å². The van der Waals surface area contributed by atoms with Crippen molar-refractivity contribution in [2.75, 3.05) is 20.3 Å². The molecule has 3 rings (SSSR count). The first kappa shape index (κ1) is 23.2. The van der Waals surface area contributed by atoms with Gasteiger partial charge in [0.1, 0.15) is 0 Å². The lowest BCUT2D eigenvalue weighted by Crippen LogP contribution is -2.28. The number of aromatic nitrogens is 1. The number of aryl methyl sites for hydroxylation is 1. The molecule has 8 heteroatoms. The summed E-state index contributed by atoms with van der Waals surface area (Å²) in [6.07, 6.45) is -2.02. The third kappa shape index (κ3) is 5.22. The lowest BCUT2D eigenvalue weighted by atomic mass is 9.86. The Morgan fingerprint density at radius 3 is 2.71 bits per heavy atom. The monoisotopic (exact) mass is 452 g/mol. The van der Waals surface area contributed by atoms with E-state index < -0.39 is 17.7 Å². The summed E-state index contributed by atoms with van der Waals surface area (Å²) in [4.78, 5) is 15.8. The van der Waals surface area contributed by atoms with Crippen LogP contribution >= 0.6 is 11.6 Å². The van der Waals surface area contributed by atoms with Crippen LogP contribution in [-0.4, -0.2) is 31.2 Å². The fourth-order valence-corrected chi connectivity index (χ4v) is 3.98. The van der Waals surface area contributed by atoms with Crippen LogP contribution in [-0.2, 0) is 22.1 Å². The van der Waals surface area contributed by atoms with Crippen molar-refractivity contribution >= 4 is 28.4 Å². The number of benzene rings is 2. The van der Waals surface area contributed by atoms with Crippen molar-refractivity contribution in [3.8, 4) is 0 Å². The number of ether oxygens (including phenoxy) is 1. The highest BCUT2D eigenvalue weighted by molar-refractivity contribution is 6.31. The van der Waals surface area contributed by atoms with Crippen molar-refractivity contribution in [3.63, 3.8) is 0 Å². The first-order valence-corrected chi connectivity index (χ1v) is 10.3. The molecule has 0 spiro atoms. The molecule has 4 nitrogen and oxygen atoms in total. The number of methoxy groups -OCH3 is 1. The Morgan fingerprint density at radius 2 is 2.03 bits per heavy atom. The number of alkyl halides is 3. The zero-order valence-corrected chi connectivity index (χ0v) is 18.0. The largest absolute Gasteiger partial charge is 0.417 e. The van der Waals surface area contributed by atoms with Gasteiger partial charge >= 0.3 is 6.18 Å². The molecule has 2 N–H and O–H groups in total. The molecular formula is C23H24ClF3N2O2. The second-order valence-electron chi connectivity index (χ2n) is 7.27. The van der Waals surface area contributed by atoms with Gasteiger partial charge in [0, 0.05) is 43.1 Å². The third-order valence-electron chi connectivity index (χ3n) is 5.31. The van der Waals surface area contributed by atoms with Crippen LogP contribution in [0.5, 0.6) is 0 Å². The smallest absolute Gasteiger partial charge is 0.383 e. The fourth-order valence-electron chi connectivity index (χ4n) is 3.76. The van der Waals surface area contributed by atoms with Gasteiger partial charge in [-0.05, 0) is 35.2 Å². The molecule has 0 radical (unpaired) electrons. The van der Waals surface area contributed by atoms with E-state index in [9.17, 15) is 18.0 Å². The Kier molecular flexibility index (Phi) is 7.28. The molecule has 1 heterocycles. The zero-order chi connectivity index (χ0) is 22.6. The number of hydrogen-bond donors (Lipinski definition) is 2. The molecule has 1 aromatic heterocycles. The van der Waals surface area contributed by atoms with E-state index in [1.54, 1.807) is 12.3 Å². The summed E-state index contributed by atoms with van der Waals surface area (Å²) in [7, 11) is 1.53. The van der Waals surface area contributed by atoms with Gasteiger partial charge in [-0.1, -0.05) is 42.8 Å². The van der Waals surface area contributed by atoms with Crippen LogP contribution in [0.4, 0.5) is 13.2 Å². The van der Waals surface area contributed by atoms with E-state index in [0.717, 1.165) is 34.5 Å². The average molecular weight is 453 g/mol. The van der Waals surface area contributed by atoms with E-state index >= 15 is 0 Å². The van der Waals surface area contributed by atoms with Crippen LogP contribution in [0.25, 0.3) is 10.9 Å². The second-order valence-corrected chi connectivity index (χ2v) is 7.68. The highest BCUT2D eigenvalue weighted by Crippen LogP contribution is 2.40. The van der Waals surface area contributed by atoms with Crippen LogP contribution < -0.4 is 5.32 Å². The van der Waals surface area contributed by atoms with Crippen LogP contribution in [0.15, 0.2) is 42.6 Å². The quantitative estimate of drug-likeness (QED) is 0.431. The maximum absolute atomic E-state index is 13.5. The van der Waals surface area contributed by atoms with Gasteiger partial charge < -0.3 is 15.0 Å². The second kappa shape index (κ2) is 9.75. The third-order valence-corrected chi connectivity index (χ3v) is 5.64. The zero-order valence-electron chi connectivity index (χ0n) is 17.3. The van der Waals surface area contributed by atoms with Crippen molar-refractivity contribution in [2.24, 2.45) is 0 Å². The Bertz CT molecular complexity index is 1060. The van der Waals surface area contributed by atoms with E-state index in [1.807, 2.05) is 25.1 Å². The Hall–Kier alpha value is -2.51. The summed E-state index contributed by atoms with van der Waals surface area (Å²) in [6.45, 7) is 2.71. The van der Waals surface area contributed by atoms with Gasteiger partial charge in [0.05, 0.1) is 17.2 Å². The van der Waals surface area contributed by atoms with E-state index in [-0.39, 0.29) is 17.4 Å². The number of rotatable bonds is 8. The number of para-hydroxylation sites is 1. The van der Waals surface area contributed by atoms with Gasteiger partial charge in [0.15, 0.2) is 0 Å². The highest BCUT2D eigenvalue weighted by Gasteiger charge is 2.34. The number of nitrogens with one attached hydrogen (secondary N) is 2. The van der Waals surface area contributed by atoms with Gasteiger partial charge in [-0.2, -0.15) is 13.2 Å². The number of amides is 1. The van der Waals surface area contributed by atoms with Crippen molar-refractivity contribution in [1.82, 2.24) is 10.3 Å². The van der Waals surface area contributed by atoms with Gasteiger partial charge in [-0.25, -0.2) is 0 Å². The summed E-state index contributed by atoms with van der Waals surface area (Å²) < 4.78 is 45.4. The molecule has 0 saturated carbocycles. The number of aromatic amines is 1. The predicted molar refractivity (Wildman–Crippen MR) is 115 cm³/mol. The first-order valence-electron chi connectivity index (χ1n) is 9.97. The van der Waals surface area contributed by atoms with Crippen LogP contribution in [0.3, 0.4) is 0 Å². The molecule has 0 aliphatic carbocycles. The fraction of sp³-hybridized carbons (Fsp3) is 0.348. The summed E-state index contributed by atoms with van der Waals surface area (Å²) in [6, 6.07) is 9.65. The minimum absolute atomic E-state index is 0.00799. The molecule has 2 aromatic carbocycles. The van der Waals surface area contributed by atoms with Gasteiger partial charge in [-0.15, -0.1) is 0 Å². The molecule has 31 heavy (non-hydrogen) atoms. The van der Waals surface area contributed by atoms with Crippen molar-refractivity contribution in [3.05, 3.63) is 69.9 Å². The maximum atomic E-state index is 13.5. The number of H-pyrrole nitrogens is 1. The molecule has 0 bridgehead atoms. The average Bonchev–Trinajstić information content (AvgIpc) is 3.16. The molecule has 1 amide bonds. The molecule has 0 aliphatic heterocycles. The molecule has 0 saturated heterocycles. The van der Waals surface area contributed by atoms with Crippen molar-refractivity contribution < 1.29 is 22.7 Å². The summed E-state index contributed by atoms with van der Waals surface area (Å²) in [5.74, 6) is -0.853. The minimum Gasteiger partial charge on any atom is -0.383 e. The van der Waals surface area contributed by atoms with Crippen LogP contribution in [0.1, 0.15) is 41.5 Å². The van der Waals surface area contributed by atoms with E-state index in [4.69, 9.17) is 16.3 Å². The SMILES string of the molecule is CCc1cccc2c(C(CC(=O)NCCOC)c3ccc(Cl)c(C(F)(F)F)c3)c[nH]c12. The molecule has 0 fully saturated rings. The molecular weight excluding hydrogens is 429 g/mol. The lowest BCUT2D eigenvalue weighted by Gasteiger charge is -2.19. The highest BCUT2D eigenvalue weighted by atomic mass is 35.5. The molecule has 166 valence electrons. The van der Waals surface area contributed by atoms with Gasteiger partial charge in [-0.3, -0.25) is 4.79 Å². The number of carbonyl (C=O) groups is 1. The summed E-state index contributed by atoms with van der Waals surface area (Å²) in [5.41, 5.74) is 2.25. The first-order chi connectivity index (χ1) is 14.8. The lowest BCUT2D eigenvalue weighted by molar-refractivity contribution is -0.137. The number of fused-ring (bicyclic) bond motifs is 1. The number of hydrogen-bond acceptors (Lipinski definition) is 2. The summed E-state index contributed by atoms with van der Waals surface area (Å²) in [5, 5.41) is 3.27. The summed E-state index contributed by atoms with van der Waals surface area (Å²) >= 11 is 5.82. The number of carbonyl (C=O) groups excluding carboxylic acids is 1. The Balaban J connectivity index is 2.08. The maximum Gasteiger partial charge on any atom is 0.417 e. The topological polar surface area (TPSA) is 54.1 Å². The van der Waals surface area contributed by atoms with E-state index in [1.165, 1.54) is 13.2 Å². The van der Waals surface area contributed by atoms with Crippen LogP contribution in [0, 0.1) is 0 Å². The van der Waals surface area contributed by atoms with Crippen molar-refractivity contribution in [2.45, 2.75) is 31.9 Å².